The number of methoxy groups -OCH3 is 3. The maximum atomic E-state index is 14.8. The normalized spacial score (nSPS) is 16.9. The zero-order chi connectivity index (χ0) is 34.3. The molecule has 0 aromatic heterocycles. The number of aliphatic hydroxyl groups is 1. The van der Waals surface area contributed by atoms with Crippen molar-refractivity contribution in [3.63, 3.8) is 0 Å². The fourth-order valence-corrected chi connectivity index (χ4v) is 6.23. The van der Waals surface area contributed by atoms with E-state index in [1.165, 1.54) is 14.2 Å². The van der Waals surface area contributed by atoms with E-state index in [4.69, 9.17) is 57.0 Å². The van der Waals surface area contributed by atoms with Crippen molar-refractivity contribution < 1.29 is 33.6 Å². The molecule has 4 aromatic rings. The first-order valence-corrected chi connectivity index (χ1v) is 16.6. The summed E-state index contributed by atoms with van der Waals surface area (Å²) >= 11 is 16.6. The predicted molar refractivity (Wildman–Crippen MR) is 189 cm³/mol. The number of hydrogen-bond acceptors (Lipinski definition) is 8. The van der Waals surface area contributed by atoms with Crippen LogP contribution in [0.5, 0.6) is 23.0 Å². The number of ether oxygens (including phenoxy) is 5. The van der Waals surface area contributed by atoms with Crippen molar-refractivity contribution in [1.29, 1.82) is 0 Å². The van der Waals surface area contributed by atoms with Gasteiger partial charge in [0.15, 0.2) is 11.6 Å². The smallest absolute Gasteiger partial charge is 0.252 e. The second-order valence-corrected chi connectivity index (χ2v) is 12.7. The van der Waals surface area contributed by atoms with E-state index in [0.717, 1.165) is 10.0 Å². The van der Waals surface area contributed by atoms with Gasteiger partial charge in [-0.1, -0.05) is 57.3 Å². The maximum Gasteiger partial charge on any atom is 0.252 e. The second-order valence-electron chi connectivity index (χ2n) is 11.0. The molecule has 48 heavy (non-hydrogen) atoms. The molecule has 5 rings (SSSR count). The minimum atomic E-state index is -1.51. The monoisotopic (exact) mass is 756 g/mol. The molecule has 1 aliphatic rings. The van der Waals surface area contributed by atoms with Crippen molar-refractivity contribution in [3.05, 3.63) is 116 Å². The summed E-state index contributed by atoms with van der Waals surface area (Å²) in [6.07, 6.45) is -0.234. The van der Waals surface area contributed by atoms with E-state index < -0.39 is 17.6 Å². The van der Waals surface area contributed by atoms with Crippen LogP contribution >= 0.6 is 39.1 Å². The summed E-state index contributed by atoms with van der Waals surface area (Å²) in [7, 11) is 4.63. The van der Waals surface area contributed by atoms with Crippen molar-refractivity contribution in [2.75, 3.05) is 34.5 Å². The van der Waals surface area contributed by atoms with E-state index in [-0.39, 0.29) is 25.5 Å². The maximum absolute atomic E-state index is 14.8. The summed E-state index contributed by atoms with van der Waals surface area (Å²) in [5.74, 6) is 2.01. The molecule has 4 aromatic carbocycles. The Bertz CT molecular complexity index is 1740. The number of carbonyl (C=O) groups excluding carboxylic acids is 1. The summed E-state index contributed by atoms with van der Waals surface area (Å²) < 4.78 is 29.9. The zero-order valence-electron chi connectivity index (χ0n) is 26.6. The Morgan fingerprint density at radius 1 is 0.938 bits per heavy atom. The second kappa shape index (κ2) is 16.0. The van der Waals surface area contributed by atoms with Gasteiger partial charge in [-0.25, -0.2) is 4.99 Å². The molecule has 0 radical (unpaired) electrons. The van der Waals surface area contributed by atoms with Gasteiger partial charge in [-0.15, -0.1) is 0 Å². The third-order valence-electron chi connectivity index (χ3n) is 7.90. The Balaban J connectivity index is 1.60. The molecule has 1 heterocycles. The molecular weight excluding hydrogens is 723 g/mol. The Hall–Kier alpha value is -3.96. The van der Waals surface area contributed by atoms with Crippen LogP contribution in [0.15, 0.2) is 88.3 Å². The van der Waals surface area contributed by atoms with Gasteiger partial charge in [0, 0.05) is 57.2 Å². The van der Waals surface area contributed by atoms with Gasteiger partial charge >= 0.3 is 0 Å². The largest absolute Gasteiger partial charge is 0.496 e. The summed E-state index contributed by atoms with van der Waals surface area (Å²) in [6.45, 7) is 0.478. The number of aliphatic hydroxyl groups excluding tert-OH is 1. The van der Waals surface area contributed by atoms with Crippen LogP contribution in [0.1, 0.15) is 34.8 Å². The van der Waals surface area contributed by atoms with Gasteiger partial charge in [0.1, 0.15) is 23.0 Å². The van der Waals surface area contributed by atoms with Crippen molar-refractivity contribution >= 4 is 50.9 Å². The van der Waals surface area contributed by atoms with Gasteiger partial charge in [-0.2, -0.15) is 0 Å². The molecule has 1 aliphatic heterocycles. The Morgan fingerprint density at radius 3 is 2.23 bits per heavy atom. The summed E-state index contributed by atoms with van der Waals surface area (Å²) in [5, 5.41) is 13.0. The molecule has 0 bridgehead atoms. The standard InChI is InChI=1S/C36H35BrCl2N2O7/c1-44-27-18-31(45-2)29(32(19-27)46-3)21-40-35(43)36(20-22-5-9-24(37)10-6-22)33(28-14-11-25(38)17-30(28)39)48-34(41-36)23-7-12-26(13-8-23)47-16-4-15-42/h5-14,17-19,33,42H,4,15-16,20-21H2,1-3H3,(H,40,43)/t33-,36-/m1/s1. The molecule has 0 spiro atoms. The van der Waals surface area contributed by atoms with Crippen molar-refractivity contribution in [2.45, 2.75) is 31.0 Å². The molecule has 12 heteroatoms. The van der Waals surface area contributed by atoms with Crippen LogP contribution in [-0.4, -0.2) is 57.0 Å². The highest BCUT2D eigenvalue weighted by Gasteiger charge is 2.54. The van der Waals surface area contributed by atoms with E-state index in [9.17, 15) is 4.79 Å². The fourth-order valence-electron chi connectivity index (χ4n) is 5.46. The minimum Gasteiger partial charge on any atom is -0.496 e. The molecule has 1 amide bonds. The molecule has 0 saturated heterocycles. The quantitative estimate of drug-likeness (QED) is 0.130. The van der Waals surface area contributed by atoms with E-state index in [1.807, 2.05) is 36.4 Å². The highest BCUT2D eigenvalue weighted by atomic mass is 79.9. The number of hydrogen-bond donors (Lipinski definition) is 2. The van der Waals surface area contributed by atoms with Gasteiger partial charge in [0.2, 0.25) is 5.90 Å². The minimum absolute atomic E-state index is 0.0396. The lowest BCUT2D eigenvalue weighted by molar-refractivity contribution is -0.129. The van der Waals surface area contributed by atoms with Crippen LogP contribution in [0.3, 0.4) is 0 Å². The molecule has 252 valence electrons. The number of carbonyl (C=O) groups is 1. The van der Waals surface area contributed by atoms with Crippen LogP contribution in [0, 0.1) is 0 Å². The van der Waals surface area contributed by atoms with Crippen LogP contribution in [-0.2, 0) is 22.5 Å². The SMILES string of the molecule is COc1cc(OC)c(CNC(=O)[C@]2(Cc3ccc(Br)cc3)N=C(c3ccc(OCCCO)cc3)O[C@@H]2c2ccc(Cl)cc2Cl)c(OC)c1. The highest BCUT2D eigenvalue weighted by Crippen LogP contribution is 2.45. The first kappa shape index (κ1) is 35.3. The molecular formula is C36H35BrCl2N2O7. The van der Waals surface area contributed by atoms with E-state index in [1.54, 1.807) is 49.6 Å². The number of rotatable bonds is 14. The number of benzene rings is 4. The van der Waals surface area contributed by atoms with Gasteiger partial charge in [0.05, 0.1) is 40.0 Å². The first-order chi connectivity index (χ1) is 23.2. The molecule has 0 fully saturated rings. The summed E-state index contributed by atoms with van der Waals surface area (Å²) in [5.41, 5.74) is 1.15. The van der Waals surface area contributed by atoms with Crippen molar-refractivity contribution in [2.24, 2.45) is 4.99 Å². The van der Waals surface area contributed by atoms with Gasteiger partial charge < -0.3 is 34.1 Å². The van der Waals surface area contributed by atoms with Gasteiger partial charge in [-0.05, 0) is 54.1 Å². The molecule has 2 atom stereocenters. The first-order valence-electron chi connectivity index (χ1n) is 15.1. The average Bonchev–Trinajstić information content (AvgIpc) is 3.48. The number of amides is 1. The molecule has 0 unspecified atom stereocenters. The van der Waals surface area contributed by atoms with E-state index in [2.05, 4.69) is 21.2 Å². The number of aliphatic imine (C=N–C) groups is 1. The van der Waals surface area contributed by atoms with Crippen molar-refractivity contribution in [1.82, 2.24) is 5.32 Å². The van der Waals surface area contributed by atoms with Crippen LogP contribution in [0.25, 0.3) is 0 Å². The summed E-state index contributed by atoms with van der Waals surface area (Å²) in [4.78, 5) is 19.8. The number of nitrogens with zero attached hydrogens (tertiary/aromatic N) is 1. The molecule has 9 nitrogen and oxygen atoms in total. The van der Waals surface area contributed by atoms with E-state index in [0.29, 0.717) is 62.8 Å². The Morgan fingerprint density at radius 2 is 1.62 bits per heavy atom. The zero-order valence-corrected chi connectivity index (χ0v) is 29.7. The van der Waals surface area contributed by atoms with Crippen molar-refractivity contribution in [3.8, 4) is 23.0 Å². The number of halogens is 3. The van der Waals surface area contributed by atoms with E-state index >= 15 is 0 Å². The lowest BCUT2D eigenvalue weighted by Crippen LogP contribution is -2.49. The molecule has 0 aliphatic carbocycles. The summed E-state index contributed by atoms with van der Waals surface area (Å²) in [6, 6.07) is 23.4. The van der Waals surface area contributed by atoms with Gasteiger partial charge in [0.25, 0.3) is 5.91 Å². The topological polar surface area (TPSA) is 108 Å². The molecule has 2 N–H and O–H groups in total. The Labute approximate surface area is 297 Å². The van der Waals surface area contributed by atoms with Gasteiger partial charge in [-0.3, -0.25) is 4.79 Å². The lowest BCUT2D eigenvalue weighted by atomic mass is 9.82. The lowest BCUT2D eigenvalue weighted by Gasteiger charge is -2.31. The third-order valence-corrected chi connectivity index (χ3v) is 9.00. The third kappa shape index (κ3) is 7.84. The predicted octanol–water partition coefficient (Wildman–Crippen LogP) is 7.36. The van der Waals surface area contributed by atoms with Crippen LogP contribution in [0.2, 0.25) is 10.0 Å². The molecule has 0 saturated carbocycles. The number of nitrogens with one attached hydrogen (secondary N) is 1. The average molecular weight is 758 g/mol. The van der Waals surface area contributed by atoms with Crippen LogP contribution in [0.4, 0.5) is 0 Å². The Kier molecular flexibility index (Phi) is 11.8. The van der Waals surface area contributed by atoms with Crippen LogP contribution < -0.4 is 24.3 Å². The highest BCUT2D eigenvalue weighted by molar-refractivity contribution is 9.10. The fraction of sp³-hybridized carbons (Fsp3) is 0.278.